The minimum atomic E-state index is -4.03. The van der Waals surface area contributed by atoms with Crippen LogP contribution >= 0.6 is 15.9 Å². The van der Waals surface area contributed by atoms with E-state index in [1.165, 1.54) is 21.3 Å². The highest BCUT2D eigenvalue weighted by Gasteiger charge is 2.33. The molecule has 3 aromatic rings. The SMILES string of the molecule is Cc1ccc(S(=O)(=O)N2CCN(C(=O)CN(c3ccc(Br)cc3)S(=O)(=O)c3ccc(C)cc3)CC2)cc1. The summed E-state index contributed by atoms with van der Waals surface area (Å²) in [4.78, 5) is 15.1. The van der Waals surface area contributed by atoms with Gasteiger partial charge in [0.2, 0.25) is 15.9 Å². The average Bonchev–Trinajstić information content (AvgIpc) is 2.88. The summed E-state index contributed by atoms with van der Waals surface area (Å²) in [6.07, 6.45) is 0. The molecule has 11 heteroatoms. The minimum Gasteiger partial charge on any atom is -0.338 e. The van der Waals surface area contributed by atoms with Gasteiger partial charge in [-0.1, -0.05) is 51.3 Å². The van der Waals surface area contributed by atoms with Crippen LogP contribution in [0.4, 0.5) is 5.69 Å². The number of aryl methyl sites for hydroxylation is 2. The third-order valence-corrected chi connectivity index (χ3v) is 10.5. The Labute approximate surface area is 226 Å². The van der Waals surface area contributed by atoms with Crippen LogP contribution in [-0.4, -0.2) is 64.7 Å². The molecule has 0 spiro atoms. The van der Waals surface area contributed by atoms with Crippen molar-refractivity contribution in [2.24, 2.45) is 0 Å². The molecule has 1 saturated heterocycles. The Balaban J connectivity index is 1.52. The number of piperazine rings is 1. The second-order valence-corrected chi connectivity index (χ2v) is 13.6. The van der Waals surface area contributed by atoms with E-state index in [-0.39, 0.29) is 36.0 Å². The number of amides is 1. The molecule has 1 aliphatic rings. The van der Waals surface area contributed by atoms with E-state index in [0.29, 0.717) is 5.69 Å². The lowest BCUT2D eigenvalue weighted by Gasteiger charge is -2.35. The van der Waals surface area contributed by atoms with Crippen molar-refractivity contribution in [3.63, 3.8) is 0 Å². The van der Waals surface area contributed by atoms with Gasteiger partial charge in [0.15, 0.2) is 0 Å². The van der Waals surface area contributed by atoms with Gasteiger partial charge in [-0.3, -0.25) is 9.10 Å². The lowest BCUT2D eigenvalue weighted by Crippen LogP contribution is -2.53. The maximum absolute atomic E-state index is 13.6. The molecule has 8 nitrogen and oxygen atoms in total. The number of anilines is 1. The fourth-order valence-electron chi connectivity index (χ4n) is 4.02. The number of rotatable bonds is 7. The Hall–Kier alpha value is -2.73. The number of hydrogen-bond donors (Lipinski definition) is 0. The summed E-state index contributed by atoms with van der Waals surface area (Å²) in [6.45, 7) is 3.95. The Kier molecular flexibility index (Phi) is 8.08. The summed E-state index contributed by atoms with van der Waals surface area (Å²) >= 11 is 3.36. The molecule has 0 aliphatic carbocycles. The molecule has 1 fully saturated rings. The van der Waals surface area contributed by atoms with Crippen LogP contribution in [0, 0.1) is 13.8 Å². The van der Waals surface area contributed by atoms with Gasteiger partial charge < -0.3 is 4.90 Å². The van der Waals surface area contributed by atoms with Crippen molar-refractivity contribution in [1.29, 1.82) is 0 Å². The van der Waals surface area contributed by atoms with Crippen LogP contribution in [0.2, 0.25) is 0 Å². The summed E-state index contributed by atoms with van der Waals surface area (Å²) in [5.74, 6) is -0.397. The Bertz CT molecular complexity index is 1470. The molecule has 0 N–H and O–H groups in total. The van der Waals surface area contributed by atoms with Crippen molar-refractivity contribution in [3.05, 3.63) is 88.4 Å². The number of sulfonamides is 2. The molecule has 0 radical (unpaired) electrons. The zero-order valence-corrected chi connectivity index (χ0v) is 23.8. The van der Waals surface area contributed by atoms with E-state index in [1.54, 1.807) is 60.7 Å². The first-order chi connectivity index (χ1) is 17.5. The van der Waals surface area contributed by atoms with Gasteiger partial charge in [0.25, 0.3) is 10.0 Å². The topological polar surface area (TPSA) is 95.1 Å². The predicted molar refractivity (Wildman–Crippen MR) is 146 cm³/mol. The predicted octanol–water partition coefficient (Wildman–Crippen LogP) is 3.79. The molecule has 0 atom stereocenters. The van der Waals surface area contributed by atoms with Crippen molar-refractivity contribution >= 4 is 47.6 Å². The van der Waals surface area contributed by atoms with Gasteiger partial charge in [-0.25, -0.2) is 16.8 Å². The largest absolute Gasteiger partial charge is 0.338 e. The molecule has 0 saturated carbocycles. The summed E-state index contributed by atoms with van der Waals surface area (Å²) < 4.78 is 56.4. The third-order valence-electron chi connectivity index (χ3n) is 6.25. The number of hydrogen-bond acceptors (Lipinski definition) is 5. The molecular weight excluding hydrogens is 578 g/mol. The number of benzene rings is 3. The Morgan fingerprint density at radius 3 is 1.76 bits per heavy atom. The minimum absolute atomic E-state index is 0.0860. The molecular formula is C26H28BrN3O5S2. The number of halogens is 1. The normalized spacial score (nSPS) is 14.9. The molecule has 196 valence electrons. The van der Waals surface area contributed by atoms with E-state index >= 15 is 0 Å². The summed E-state index contributed by atoms with van der Waals surface area (Å²) in [7, 11) is -7.70. The van der Waals surface area contributed by atoms with Crippen molar-refractivity contribution in [2.45, 2.75) is 23.6 Å². The van der Waals surface area contributed by atoms with Crippen molar-refractivity contribution in [2.75, 3.05) is 37.0 Å². The summed E-state index contributed by atoms with van der Waals surface area (Å²) in [6, 6.07) is 19.8. The molecule has 4 rings (SSSR count). The molecule has 3 aromatic carbocycles. The van der Waals surface area contributed by atoms with Crippen LogP contribution in [0.15, 0.2) is 87.1 Å². The van der Waals surface area contributed by atoms with E-state index < -0.39 is 32.5 Å². The van der Waals surface area contributed by atoms with E-state index in [2.05, 4.69) is 15.9 Å². The number of nitrogens with zero attached hydrogens (tertiary/aromatic N) is 3. The fraction of sp³-hybridized carbons (Fsp3) is 0.269. The smallest absolute Gasteiger partial charge is 0.264 e. The second-order valence-electron chi connectivity index (χ2n) is 8.90. The highest BCUT2D eigenvalue weighted by atomic mass is 79.9. The zero-order chi connectivity index (χ0) is 26.8. The van der Waals surface area contributed by atoms with Crippen molar-refractivity contribution in [3.8, 4) is 0 Å². The van der Waals surface area contributed by atoms with Gasteiger partial charge in [0.1, 0.15) is 6.54 Å². The maximum Gasteiger partial charge on any atom is 0.264 e. The lowest BCUT2D eigenvalue weighted by molar-refractivity contribution is -0.130. The molecule has 0 unspecified atom stereocenters. The maximum atomic E-state index is 13.6. The quantitative estimate of drug-likeness (QED) is 0.408. The molecule has 37 heavy (non-hydrogen) atoms. The van der Waals surface area contributed by atoms with E-state index in [1.807, 2.05) is 13.8 Å². The van der Waals surface area contributed by atoms with Gasteiger partial charge in [-0.05, 0) is 62.4 Å². The number of carbonyl (C=O) groups excluding carboxylic acids is 1. The first-order valence-electron chi connectivity index (χ1n) is 11.7. The van der Waals surface area contributed by atoms with E-state index in [9.17, 15) is 21.6 Å². The van der Waals surface area contributed by atoms with Crippen LogP contribution in [0.5, 0.6) is 0 Å². The van der Waals surface area contributed by atoms with E-state index in [0.717, 1.165) is 19.9 Å². The van der Waals surface area contributed by atoms with Crippen LogP contribution in [0.3, 0.4) is 0 Å². The first-order valence-corrected chi connectivity index (χ1v) is 15.4. The molecule has 1 heterocycles. The highest BCUT2D eigenvalue weighted by Crippen LogP contribution is 2.26. The fourth-order valence-corrected chi connectivity index (χ4v) is 7.12. The first kappa shape index (κ1) is 27.3. The van der Waals surface area contributed by atoms with Crippen molar-refractivity contribution < 1.29 is 21.6 Å². The van der Waals surface area contributed by atoms with Crippen molar-refractivity contribution in [1.82, 2.24) is 9.21 Å². The average molecular weight is 607 g/mol. The molecule has 1 aliphatic heterocycles. The lowest BCUT2D eigenvalue weighted by atomic mass is 10.2. The van der Waals surface area contributed by atoms with Gasteiger partial charge >= 0.3 is 0 Å². The monoisotopic (exact) mass is 605 g/mol. The van der Waals surface area contributed by atoms with Crippen LogP contribution in [-0.2, 0) is 24.8 Å². The summed E-state index contributed by atoms with van der Waals surface area (Å²) in [5.41, 5.74) is 2.24. The Morgan fingerprint density at radius 2 is 1.24 bits per heavy atom. The van der Waals surface area contributed by atoms with Crippen LogP contribution in [0.25, 0.3) is 0 Å². The second kappa shape index (κ2) is 10.9. The zero-order valence-electron chi connectivity index (χ0n) is 20.5. The van der Waals surface area contributed by atoms with Gasteiger partial charge in [-0.15, -0.1) is 0 Å². The molecule has 0 bridgehead atoms. The standard InChI is InChI=1S/C26H28BrN3O5S2/c1-20-3-11-24(12-4-20)36(32,33)29-17-15-28(16-18-29)26(31)19-30(23-9-7-22(27)8-10-23)37(34,35)25-13-5-21(2)6-14-25/h3-14H,15-19H2,1-2H3. The summed E-state index contributed by atoms with van der Waals surface area (Å²) in [5, 5.41) is 0. The van der Waals surface area contributed by atoms with Gasteiger partial charge in [-0.2, -0.15) is 4.31 Å². The third kappa shape index (κ3) is 6.06. The highest BCUT2D eigenvalue weighted by molar-refractivity contribution is 9.10. The van der Waals surface area contributed by atoms with Gasteiger partial charge in [0, 0.05) is 30.7 Å². The van der Waals surface area contributed by atoms with Crippen LogP contribution in [0.1, 0.15) is 11.1 Å². The molecule has 0 aromatic heterocycles. The van der Waals surface area contributed by atoms with Crippen LogP contribution < -0.4 is 4.31 Å². The van der Waals surface area contributed by atoms with E-state index in [4.69, 9.17) is 0 Å². The molecule has 1 amide bonds. The Morgan fingerprint density at radius 1 is 0.757 bits per heavy atom. The van der Waals surface area contributed by atoms with Gasteiger partial charge in [0.05, 0.1) is 15.5 Å². The number of carbonyl (C=O) groups is 1.